The molecule has 2 saturated heterocycles. The maximum atomic E-state index is 13.0. The summed E-state index contributed by atoms with van der Waals surface area (Å²) in [6.45, 7) is 4.36. The van der Waals surface area contributed by atoms with Crippen LogP contribution in [-0.4, -0.2) is 76.9 Å². The predicted octanol–water partition coefficient (Wildman–Crippen LogP) is 2.47. The second kappa shape index (κ2) is 10.4. The molecule has 2 fully saturated rings. The van der Waals surface area contributed by atoms with E-state index in [1.165, 1.54) is 11.1 Å². The van der Waals surface area contributed by atoms with Gasteiger partial charge in [-0.25, -0.2) is 5.43 Å². The molecule has 194 valence electrons. The van der Waals surface area contributed by atoms with E-state index in [-0.39, 0.29) is 24.2 Å². The van der Waals surface area contributed by atoms with E-state index in [9.17, 15) is 4.79 Å². The van der Waals surface area contributed by atoms with Gasteiger partial charge in [-0.3, -0.25) is 15.1 Å². The number of hydrogen-bond donors (Lipinski definition) is 2. The minimum atomic E-state index is 0.0624. The minimum absolute atomic E-state index is 0.0624. The molecule has 6 rings (SSSR count). The first-order valence-corrected chi connectivity index (χ1v) is 13.2. The number of carbonyl (C=O) groups is 1. The lowest BCUT2D eigenvalue weighted by Crippen LogP contribution is -2.54. The monoisotopic (exact) mass is 501 g/mol. The molecule has 9 nitrogen and oxygen atoms in total. The molecule has 9 heteroatoms. The average molecular weight is 502 g/mol. The van der Waals surface area contributed by atoms with Gasteiger partial charge >= 0.3 is 0 Å². The van der Waals surface area contributed by atoms with Gasteiger partial charge in [0.15, 0.2) is 0 Å². The molecule has 4 aliphatic heterocycles. The number of piperazine rings is 1. The molecular weight excluding hydrogens is 466 g/mol. The quantitative estimate of drug-likeness (QED) is 0.604. The number of hydrazine groups is 1. The fourth-order valence-corrected chi connectivity index (χ4v) is 5.74. The summed E-state index contributed by atoms with van der Waals surface area (Å²) in [5.74, 6) is 2.02. The number of carbonyl (C=O) groups excluding carboxylic acids is 1. The molecule has 2 N–H and O–H groups in total. The molecule has 3 atom stereocenters. The van der Waals surface area contributed by atoms with Gasteiger partial charge in [0.2, 0.25) is 5.91 Å². The van der Waals surface area contributed by atoms with E-state index in [4.69, 9.17) is 4.74 Å². The number of nitrogens with one attached hydrogen (secondary N) is 2. The van der Waals surface area contributed by atoms with Crippen LogP contribution in [-0.2, 0) is 11.3 Å². The SMILES string of the molecule is COc1ccc(C2CC3C4NN=C(CCC(=O)N5CCN(Cc6ccccc6)CC5)N4C=CN3N2)cc1. The highest BCUT2D eigenvalue weighted by atomic mass is 16.5. The van der Waals surface area contributed by atoms with Crippen LogP contribution in [0.2, 0.25) is 0 Å². The fourth-order valence-electron chi connectivity index (χ4n) is 5.74. The summed E-state index contributed by atoms with van der Waals surface area (Å²) >= 11 is 0. The highest BCUT2D eigenvalue weighted by Crippen LogP contribution is 2.34. The zero-order valence-electron chi connectivity index (χ0n) is 21.3. The number of nitrogens with zero attached hydrogens (tertiary/aromatic N) is 5. The highest BCUT2D eigenvalue weighted by molar-refractivity contribution is 5.89. The molecule has 0 saturated carbocycles. The maximum absolute atomic E-state index is 13.0. The zero-order chi connectivity index (χ0) is 25.2. The third kappa shape index (κ3) is 5.01. The summed E-state index contributed by atoms with van der Waals surface area (Å²) < 4.78 is 5.30. The number of amidine groups is 1. The Bertz CT molecular complexity index is 1140. The van der Waals surface area contributed by atoms with Crippen molar-refractivity contribution in [1.29, 1.82) is 0 Å². The van der Waals surface area contributed by atoms with E-state index in [1.54, 1.807) is 7.11 Å². The average Bonchev–Trinajstić information content (AvgIpc) is 3.57. The van der Waals surface area contributed by atoms with Crippen molar-refractivity contribution in [3.8, 4) is 5.75 Å². The fraction of sp³-hybridized carbons (Fsp3) is 0.429. The van der Waals surface area contributed by atoms with Crippen LogP contribution in [0.25, 0.3) is 0 Å². The van der Waals surface area contributed by atoms with Crippen molar-refractivity contribution in [3.63, 3.8) is 0 Å². The molecule has 0 aromatic heterocycles. The van der Waals surface area contributed by atoms with Gasteiger partial charge in [0.1, 0.15) is 17.8 Å². The first-order valence-electron chi connectivity index (χ1n) is 13.2. The van der Waals surface area contributed by atoms with E-state index in [0.29, 0.717) is 12.8 Å². The van der Waals surface area contributed by atoms with Crippen LogP contribution in [0.15, 0.2) is 72.1 Å². The summed E-state index contributed by atoms with van der Waals surface area (Å²) in [6, 6.07) is 19.3. The predicted molar refractivity (Wildman–Crippen MR) is 142 cm³/mol. The normalized spacial score (nSPS) is 24.9. The van der Waals surface area contributed by atoms with Crippen molar-refractivity contribution in [3.05, 3.63) is 78.1 Å². The molecule has 1 amide bonds. The van der Waals surface area contributed by atoms with E-state index >= 15 is 0 Å². The Hall–Kier alpha value is -3.56. The first kappa shape index (κ1) is 23.8. The lowest BCUT2D eigenvalue weighted by molar-refractivity contribution is -0.132. The van der Waals surface area contributed by atoms with Gasteiger partial charge < -0.3 is 19.5 Å². The van der Waals surface area contributed by atoms with Crippen LogP contribution in [0.3, 0.4) is 0 Å². The zero-order valence-corrected chi connectivity index (χ0v) is 21.3. The van der Waals surface area contributed by atoms with Gasteiger partial charge in [-0.05, 0) is 29.7 Å². The molecule has 0 spiro atoms. The number of rotatable bonds is 7. The van der Waals surface area contributed by atoms with Crippen LogP contribution in [0.4, 0.5) is 0 Å². The highest BCUT2D eigenvalue weighted by Gasteiger charge is 2.44. The van der Waals surface area contributed by atoms with Crippen molar-refractivity contribution in [2.24, 2.45) is 5.10 Å². The Morgan fingerprint density at radius 3 is 2.57 bits per heavy atom. The Morgan fingerprint density at radius 1 is 1.03 bits per heavy atom. The van der Waals surface area contributed by atoms with Crippen molar-refractivity contribution in [1.82, 2.24) is 30.6 Å². The lowest BCUT2D eigenvalue weighted by Gasteiger charge is -2.37. The van der Waals surface area contributed by atoms with Crippen molar-refractivity contribution in [2.45, 2.75) is 44.1 Å². The number of hydrazone groups is 1. The summed E-state index contributed by atoms with van der Waals surface area (Å²) in [6.07, 6.45) is 6.29. The van der Waals surface area contributed by atoms with E-state index in [1.807, 2.05) is 23.1 Å². The Kier molecular flexibility index (Phi) is 6.72. The van der Waals surface area contributed by atoms with Crippen LogP contribution in [0.5, 0.6) is 5.75 Å². The van der Waals surface area contributed by atoms with E-state index in [2.05, 4.69) is 79.6 Å². The van der Waals surface area contributed by atoms with Crippen molar-refractivity contribution >= 4 is 11.7 Å². The Balaban J connectivity index is 0.983. The lowest BCUT2D eigenvalue weighted by atomic mass is 9.99. The molecule has 4 heterocycles. The number of ether oxygens (including phenoxy) is 1. The number of amides is 1. The molecule has 0 radical (unpaired) electrons. The second-order valence-electron chi connectivity index (χ2n) is 10.1. The molecule has 2 aromatic rings. The van der Waals surface area contributed by atoms with E-state index in [0.717, 1.165) is 50.7 Å². The standard InChI is InChI=1S/C28H35N7O2/c1-37-23-9-7-22(8-10-23)24-19-25-28-30-29-26(34(28)17-18-35(25)31-24)11-12-27(36)33-15-13-32(14-16-33)20-21-5-3-2-4-6-21/h2-10,17-18,24-25,28,30-31H,11-16,19-20H2,1H3. The van der Waals surface area contributed by atoms with Crippen LogP contribution < -0.4 is 15.6 Å². The smallest absolute Gasteiger partial charge is 0.223 e. The Morgan fingerprint density at radius 2 is 1.81 bits per heavy atom. The molecule has 2 aromatic carbocycles. The van der Waals surface area contributed by atoms with Gasteiger partial charge in [0.25, 0.3) is 0 Å². The molecule has 37 heavy (non-hydrogen) atoms. The van der Waals surface area contributed by atoms with Gasteiger partial charge in [0.05, 0.1) is 19.2 Å². The molecule has 0 bridgehead atoms. The maximum Gasteiger partial charge on any atom is 0.223 e. The third-order valence-corrected chi connectivity index (χ3v) is 7.87. The number of benzene rings is 2. The second-order valence-corrected chi connectivity index (χ2v) is 10.1. The topological polar surface area (TPSA) is 75.7 Å². The summed E-state index contributed by atoms with van der Waals surface area (Å²) in [7, 11) is 1.69. The van der Waals surface area contributed by atoms with Crippen LogP contribution in [0, 0.1) is 0 Å². The van der Waals surface area contributed by atoms with Crippen molar-refractivity contribution < 1.29 is 9.53 Å². The first-order chi connectivity index (χ1) is 18.2. The molecular formula is C28H35N7O2. The van der Waals surface area contributed by atoms with Gasteiger partial charge in [-0.15, -0.1) is 0 Å². The van der Waals surface area contributed by atoms with Crippen LogP contribution >= 0.6 is 0 Å². The summed E-state index contributed by atoms with van der Waals surface area (Å²) in [5.41, 5.74) is 9.50. The summed E-state index contributed by atoms with van der Waals surface area (Å²) in [5, 5.41) is 6.81. The number of hydrogen-bond acceptors (Lipinski definition) is 8. The molecule has 4 aliphatic rings. The van der Waals surface area contributed by atoms with E-state index < -0.39 is 0 Å². The molecule has 0 aliphatic carbocycles. The van der Waals surface area contributed by atoms with Gasteiger partial charge in [0, 0.05) is 58.0 Å². The largest absolute Gasteiger partial charge is 0.497 e. The summed E-state index contributed by atoms with van der Waals surface area (Å²) in [4.78, 5) is 19.6. The van der Waals surface area contributed by atoms with Crippen molar-refractivity contribution in [2.75, 3.05) is 33.3 Å². The minimum Gasteiger partial charge on any atom is -0.497 e. The Labute approximate surface area is 218 Å². The van der Waals surface area contributed by atoms with Gasteiger partial charge in [-0.2, -0.15) is 5.10 Å². The van der Waals surface area contributed by atoms with Crippen LogP contribution in [0.1, 0.15) is 36.4 Å². The molecule has 3 unspecified atom stereocenters. The number of methoxy groups -OCH3 is 1. The third-order valence-electron chi connectivity index (χ3n) is 7.87. The number of fused-ring (bicyclic) bond motifs is 3. The van der Waals surface area contributed by atoms with Gasteiger partial charge in [-0.1, -0.05) is 42.5 Å².